The fraction of sp³-hybridized carbons (Fsp3) is 0.222. The fourth-order valence-corrected chi connectivity index (χ4v) is 2.06. The van der Waals surface area contributed by atoms with E-state index in [4.69, 9.17) is 5.11 Å². The third-order valence-electron chi connectivity index (χ3n) is 1.89. The molecule has 0 saturated heterocycles. The van der Waals surface area contributed by atoms with Gasteiger partial charge in [0.1, 0.15) is 5.01 Å². The van der Waals surface area contributed by atoms with Gasteiger partial charge in [0, 0.05) is 19.4 Å². The molecule has 2 aromatic heterocycles. The molecule has 0 unspecified atom stereocenters. The Morgan fingerprint density at radius 1 is 1.62 bits per heavy atom. The van der Waals surface area contributed by atoms with Gasteiger partial charge in [-0.1, -0.05) is 0 Å². The van der Waals surface area contributed by atoms with Gasteiger partial charge < -0.3 is 9.67 Å². The molecule has 4 heteroatoms. The Morgan fingerprint density at radius 3 is 3.00 bits per heavy atom. The van der Waals surface area contributed by atoms with Crippen molar-refractivity contribution in [3.05, 3.63) is 29.5 Å². The minimum Gasteiger partial charge on any atom is -0.389 e. The second-order valence-corrected chi connectivity index (χ2v) is 3.90. The fourth-order valence-electron chi connectivity index (χ4n) is 1.22. The topological polar surface area (TPSA) is 38.0 Å². The Kier molecular flexibility index (Phi) is 2.16. The first-order valence-corrected chi connectivity index (χ1v) is 4.80. The van der Waals surface area contributed by atoms with Crippen molar-refractivity contribution >= 4 is 11.3 Å². The molecule has 0 aliphatic rings. The number of aliphatic hydroxyl groups excluding tert-OH is 1. The number of hydrogen-bond acceptors (Lipinski definition) is 3. The molecule has 0 bridgehead atoms. The largest absolute Gasteiger partial charge is 0.389 e. The predicted octanol–water partition coefficient (Wildman–Crippen LogP) is 1.64. The zero-order valence-electron chi connectivity index (χ0n) is 7.27. The summed E-state index contributed by atoms with van der Waals surface area (Å²) in [6, 6.07) is 4.03. The molecule has 2 heterocycles. The summed E-state index contributed by atoms with van der Waals surface area (Å²) < 4.78 is 2.04. The van der Waals surface area contributed by atoms with Crippen LogP contribution in [-0.4, -0.2) is 14.7 Å². The number of nitrogens with zero attached hydrogens (tertiary/aromatic N) is 2. The molecule has 13 heavy (non-hydrogen) atoms. The van der Waals surface area contributed by atoms with Gasteiger partial charge in [-0.2, -0.15) is 0 Å². The summed E-state index contributed by atoms with van der Waals surface area (Å²) in [4.78, 5) is 5.18. The third-order valence-corrected chi connectivity index (χ3v) is 2.89. The first kappa shape index (κ1) is 8.47. The molecule has 0 aliphatic carbocycles. The smallest absolute Gasteiger partial charge is 0.119 e. The molecule has 0 amide bonds. The molecule has 3 nitrogen and oxygen atoms in total. The van der Waals surface area contributed by atoms with Gasteiger partial charge in [-0.15, -0.1) is 11.3 Å². The van der Waals surface area contributed by atoms with Crippen LogP contribution in [0.1, 0.15) is 5.01 Å². The summed E-state index contributed by atoms with van der Waals surface area (Å²) in [6.07, 6.45) is 3.79. The van der Waals surface area contributed by atoms with Gasteiger partial charge in [-0.25, -0.2) is 4.98 Å². The van der Waals surface area contributed by atoms with Crippen LogP contribution in [0.2, 0.25) is 0 Å². The highest BCUT2D eigenvalue weighted by Gasteiger charge is 2.05. The summed E-state index contributed by atoms with van der Waals surface area (Å²) in [5.74, 6) is 0. The van der Waals surface area contributed by atoms with Gasteiger partial charge in [0.05, 0.1) is 17.2 Å². The summed E-state index contributed by atoms with van der Waals surface area (Å²) in [5.41, 5.74) is 1.14. The zero-order valence-corrected chi connectivity index (χ0v) is 8.08. The first-order chi connectivity index (χ1) is 6.31. The van der Waals surface area contributed by atoms with Crippen molar-refractivity contribution in [1.29, 1.82) is 0 Å². The second kappa shape index (κ2) is 3.32. The number of thiazole rings is 1. The van der Waals surface area contributed by atoms with Gasteiger partial charge >= 0.3 is 0 Å². The van der Waals surface area contributed by atoms with Gasteiger partial charge in [0.15, 0.2) is 0 Å². The molecule has 68 valence electrons. The predicted molar refractivity (Wildman–Crippen MR) is 52.4 cm³/mol. The summed E-state index contributed by atoms with van der Waals surface area (Å²) >= 11 is 1.52. The lowest BCUT2D eigenvalue weighted by Crippen LogP contribution is -1.85. The molecular weight excluding hydrogens is 184 g/mol. The van der Waals surface area contributed by atoms with Crippen LogP contribution in [0.25, 0.3) is 10.6 Å². The first-order valence-electron chi connectivity index (χ1n) is 3.98. The van der Waals surface area contributed by atoms with E-state index in [0.29, 0.717) is 0 Å². The average Bonchev–Trinajstić information content (AvgIpc) is 2.71. The van der Waals surface area contributed by atoms with E-state index in [9.17, 15) is 0 Å². The van der Waals surface area contributed by atoms with E-state index in [1.165, 1.54) is 11.3 Å². The Balaban J connectivity index is 2.41. The lowest BCUT2D eigenvalue weighted by atomic mass is 10.4. The van der Waals surface area contributed by atoms with Crippen molar-refractivity contribution in [2.24, 2.45) is 7.05 Å². The molecule has 0 fully saturated rings. The van der Waals surface area contributed by atoms with Crippen LogP contribution < -0.4 is 0 Å². The van der Waals surface area contributed by atoms with Crippen LogP contribution in [-0.2, 0) is 13.7 Å². The van der Waals surface area contributed by atoms with E-state index < -0.39 is 0 Å². The normalized spacial score (nSPS) is 10.6. The second-order valence-electron chi connectivity index (χ2n) is 2.78. The quantitative estimate of drug-likeness (QED) is 0.789. The van der Waals surface area contributed by atoms with E-state index in [-0.39, 0.29) is 6.61 Å². The molecule has 2 aromatic rings. The monoisotopic (exact) mass is 194 g/mol. The van der Waals surface area contributed by atoms with E-state index in [2.05, 4.69) is 4.98 Å². The molecule has 0 aliphatic heterocycles. The third kappa shape index (κ3) is 1.50. The standard InChI is InChI=1S/C9H10N2OS/c1-11-4-2-3-7(11)8-5-10-9(6-12)13-8/h2-5,12H,6H2,1H3. The van der Waals surface area contributed by atoms with E-state index >= 15 is 0 Å². The number of rotatable bonds is 2. The maximum Gasteiger partial charge on any atom is 0.119 e. The number of aryl methyl sites for hydroxylation is 1. The molecule has 0 radical (unpaired) electrons. The number of hydrogen-bond donors (Lipinski definition) is 1. The lowest BCUT2D eigenvalue weighted by molar-refractivity contribution is 0.281. The maximum absolute atomic E-state index is 8.86. The highest BCUT2D eigenvalue weighted by atomic mass is 32.1. The summed E-state index contributed by atoms with van der Waals surface area (Å²) in [5, 5.41) is 9.62. The molecule has 0 aromatic carbocycles. The average molecular weight is 194 g/mol. The Labute approximate surface area is 80.3 Å². The van der Waals surface area contributed by atoms with Crippen LogP contribution >= 0.6 is 11.3 Å². The molecule has 1 N–H and O–H groups in total. The molecule has 0 saturated carbocycles. The van der Waals surface area contributed by atoms with Gasteiger partial charge in [-0.3, -0.25) is 0 Å². The molecule has 2 rings (SSSR count). The molecule has 0 atom stereocenters. The van der Waals surface area contributed by atoms with Crippen molar-refractivity contribution in [3.63, 3.8) is 0 Å². The number of aromatic nitrogens is 2. The van der Waals surface area contributed by atoms with Crippen LogP contribution in [0.15, 0.2) is 24.5 Å². The van der Waals surface area contributed by atoms with Crippen molar-refractivity contribution in [2.45, 2.75) is 6.61 Å². The maximum atomic E-state index is 8.86. The summed E-state index contributed by atoms with van der Waals surface area (Å²) in [7, 11) is 1.99. The molecular formula is C9H10N2OS. The van der Waals surface area contributed by atoms with E-state index in [0.717, 1.165) is 15.6 Å². The van der Waals surface area contributed by atoms with Crippen molar-refractivity contribution in [2.75, 3.05) is 0 Å². The van der Waals surface area contributed by atoms with Crippen molar-refractivity contribution in [1.82, 2.24) is 9.55 Å². The van der Waals surface area contributed by atoms with E-state index in [1.807, 2.05) is 29.9 Å². The van der Waals surface area contributed by atoms with Gasteiger partial charge in [-0.05, 0) is 12.1 Å². The highest BCUT2D eigenvalue weighted by molar-refractivity contribution is 7.15. The summed E-state index contributed by atoms with van der Waals surface area (Å²) in [6.45, 7) is 0.0229. The Hall–Kier alpha value is -1.13. The number of aliphatic hydroxyl groups is 1. The highest BCUT2D eigenvalue weighted by Crippen LogP contribution is 2.25. The minimum atomic E-state index is 0.0229. The SMILES string of the molecule is Cn1cccc1-c1cnc(CO)s1. The zero-order chi connectivity index (χ0) is 9.26. The van der Waals surface area contributed by atoms with Crippen LogP contribution in [0.4, 0.5) is 0 Å². The Bertz CT molecular complexity index is 405. The van der Waals surface area contributed by atoms with Gasteiger partial charge in [0.2, 0.25) is 0 Å². The van der Waals surface area contributed by atoms with E-state index in [1.54, 1.807) is 6.20 Å². The van der Waals surface area contributed by atoms with Gasteiger partial charge in [0.25, 0.3) is 0 Å². The van der Waals surface area contributed by atoms with Crippen LogP contribution in [0, 0.1) is 0 Å². The van der Waals surface area contributed by atoms with Crippen molar-refractivity contribution in [3.8, 4) is 10.6 Å². The van der Waals surface area contributed by atoms with Crippen LogP contribution in [0.5, 0.6) is 0 Å². The minimum absolute atomic E-state index is 0.0229. The molecule has 0 spiro atoms. The lowest BCUT2D eigenvalue weighted by Gasteiger charge is -1.97. The Morgan fingerprint density at radius 2 is 2.46 bits per heavy atom. The van der Waals surface area contributed by atoms with Crippen LogP contribution in [0.3, 0.4) is 0 Å². The van der Waals surface area contributed by atoms with Crippen molar-refractivity contribution < 1.29 is 5.11 Å².